The van der Waals surface area contributed by atoms with Crippen molar-refractivity contribution in [3.05, 3.63) is 24.3 Å². The summed E-state index contributed by atoms with van der Waals surface area (Å²) in [6.07, 6.45) is -8.34. The summed E-state index contributed by atoms with van der Waals surface area (Å²) >= 11 is 0. The molecule has 0 saturated heterocycles. The van der Waals surface area contributed by atoms with Gasteiger partial charge < -0.3 is 9.47 Å². The maximum atomic E-state index is 12.5. The molecule has 0 bridgehead atoms. The highest BCUT2D eigenvalue weighted by Gasteiger charge is 2.43. The molecule has 0 unspecified atom stereocenters. The van der Waals surface area contributed by atoms with E-state index in [1.54, 1.807) is 6.92 Å². The van der Waals surface area contributed by atoms with Crippen LogP contribution >= 0.6 is 0 Å². The van der Waals surface area contributed by atoms with Gasteiger partial charge in [-0.3, -0.25) is 0 Å². The molecule has 16 heavy (non-hydrogen) atoms. The first-order valence-electron chi connectivity index (χ1n) is 4.53. The number of alkyl halides is 4. The minimum Gasteiger partial charge on any atom is -0.494 e. The Morgan fingerprint density at radius 2 is 1.62 bits per heavy atom. The van der Waals surface area contributed by atoms with E-state index >= 15 is 0 Å². The summed E-state index contributed by atoms with van der Waals surface area (Å²) in [5.41, 5.74) is 0. The second kappa shape index (κ2) is 5.05. The summed E-state index contributed by atoms with van der Waals surface area (Å²) in [5, 5.41) is 0. The first kappa shape index (κ1) is 12.6. The van der Waals surface area contributed by atoms with Crippen molar-refractivity contribution in [2.24, 2.45) is 0 Å². The average molecular weight is 238 g/mol. The van der Waals surface area contributed by atoms with Crippen LogP contribution in [0.2, 0.25) is 0 Å². The predicted molar refractivity (Wildman–Crippen MR) is 49.2 cm³/mol. The number of hydrogen-bond donors (Lipinski definition) is 0. The molecule has 0 heterocycles. The van der Waals surface area contributed by atoms with Gasteiger partial charge in [-0.15, -0.1) is 0 Å². The molecular weight excluding hydrogens is 228 g/mol. The smallest absolute Gasteiger partial charge is 0.461 e. The largest absolute Gasteiger partial charge is 0.494 e. The first-order chi connectivity index (χ1) is 7.45. The van der Waals surface area contributed by atoms with E-state index in [1.165, 1.54) is 12.1 Å². The van der Waals surface area contributed by atoms with E-state index in [0.717, 1.165) is 12.1 Å². The highest BCUT2D eigenvalue weighted by molar-refractivity contribution is 5.31. The molecule has 0 amide bonds. The van der Waals surface area contributed by atoms with E-state index in [9.17, 15) is 17.6 Å². The Bertz CT molecular complexity index is 324. The molecule has 2 nitrogen and oxygen atoms in total. The maximum Gasteiger partial charge on any atom is 0.461 e. The van der Waals surface area contributed by atoms with Gasteiger partial charge in [-0.1, -0.05) is 0 Å². The van der Waals surface area contributed by atoms with Crippen LogP contribution in [-0.2, 0) is 0 Å². The molecular formula is C10H10F4O2. The molecule has 0 aromatic heterocycles. The highest BCUT2D eigenvalue weighted by atomic mass is 19.3. The van der Waals surface area contributed by atoms with Crippen molar-refractivity contribution in [2.45, 2.75) is 19.5 Å². The van der Waals surface area contributed by atoms with Crippen LogP contribution in [0, 0.1) is 0 Å². The summed E-state index contributed by atoms with van der Waals surface area (Å²) in [6, 6.07) is 5.00. The molecule has 0 atom stereocenters. The quantitative estimate of drug-likeness (QED) is 0.732. The van der Waals surface area contributed by atoms with Crippen LogP contribution < -0.4 is 9.47 Å². The van der Waals surface area contributed by atoms with Crippen LogP contribution in [-0.4, -0.2) is 19.1 Å². The molecule has 1 aromatic rings. The fourth-order valence-corrected chi connectivity index (χ4v) is 0.972. The third kappa shape index (κ3) is 3.29. The number of benzene rings is 1. The van der Waals surface area contributed by atoms with Gasteiger partial charge in [0.15, 0.2) is 0 Å². The van der Waals surface area contributed by atoms with Crippen molar-refractivity contribution in [3.8, 4) is 11.5 Å². The minimum absolute atomic E-state index is 0.339. The fraction of sp³-hybridized carbons (Fsp3) is 0.400. The number of rotatable bonds is 5. The molecule has 0 saturated carbocycles. The third-order valence-corrected chi connectivity index (χ3v) is 1.64. The standard InChI is InChI=1S/C10H10F4O2/c1-2-15-7-3-5-8(6-4-7)16-10(13,14)9(11)12/h3-6,9H,2H2,1H3. The van der Waals surface area contributed by atoms with Crippen molar-refractivity contribution in [1.82, 2.24) is 0 Å². The lowest BCUT2D eigenvalue weighted by molar-refractivity contribution is -0.253. The lowest BCUT2D eigenvalue weighted by Gasteiger charge is -2.16. The minimum atomic E-state index is -4.48. The molecule has 0 aliphatic heterocycles. The molecule has 0 fully saturated rings. The average Bonchev–Trinajstić information content (AvgIpc) is 2.21. The zero-order chi connectivity index (χ0) is 12.2. The Morgan fingerprint density at radius 3 is 2.06 bits per heavy atom. The number of ether oxygens (including phenoxy) is 2. The van der Waals surface area contributed by atoms with Crippen molar-refractivity contribution in [2.75, 3.05) is 6.61 Å². The lowest BCUT2D eigenvalue weighted by Crippen LogP contribution is -2.33. The molecule has 0 aliphatic carbocycles. The van der Waals surface area contributed by atoms with E-state index in [4.69, 9.17) is 4.74 Å². The van der Waals surface area contributed by atoms with E-state index in [0.29, 0.717) is 12.4 Å². The normalized spacial score (nSPS) is 11.6. The molecule has 1 rings (SSSR count). The van der Waals surface area contributed by atoms with Crippen LogP contribution in [0.5, 0.6) is 11.5 Å². The van der Waals surface area contributed by atoms with Crippen molar-refractivity contribution < 1.29 is 27.0 Å². The molecule has 0 radical (unpaired) electrons. The van der Waals surface area contributed by atoms with Gasteiger partial charge in [-0.2, -0.15) is 17.6 Å². The second-order valence-electron chi connectivity index (χ2n) is 2.87. The summed E-state index contributed by atoms with van der Waals surface area (Å²) in [4.78, 5) is 0. The van der Waals surface area contributed by atoms with Gasteiger partial charge in [0, 0.05) is 0 Å². The monoisotopic (exact) mass is 238 g/mol. The first-order valence-corrected chi connectivity index (χ1v) is 4.53. The molecule has 0 aliphatic rings. The Balaban J connectivity index is 2.68. The van der Waals surface area contributed by atoms with E-state index < -0.39 is 12.5 Å². The molecule has 0 spiro atoms. The SMILES string of the molecule is CCOc1ccc(OC(F)(F)C(F)F)cc1. The predicted octanol–water partition coefficient (Wildman–Crippen LogP) is 3.32. The summed E-state index contributed by atoms with van der Waals surface area (Å²) in [7, 11) is 0. The molecule has 90 valence electrons. The van der Waals surface area contributed by atoms with Crippen LogP contribution in [0.4, 0.5) is 17.6 Å². The Kier molecular flexibility index (Phi) is 3.98. The Morgan fingerprint density at radius 1 is 1.12 bits per heavy atom. The van der Waals surface area contributed by atoms with Crippen LogP contribution in [0.25, 0.3) is 0 Å². The van der Waals surface area contributed by atoms with Gasteiger partial charge in [-0.05, 0) is 31.2 Å². The molecule has 6 heteroatoms. The fourth-order valence-electron chi connectivity index (χ4n) is 0.972. The third-order valence-electron chi connectivity index (χ3n) is 1.64. The molecule has 0 N–H and O–H groups in total. The molecule has 1 aromatic carbocycles. The van der Waals surface area contributed by atoms with Crippen molar-refractivity contribution in [1.29, 1.82) is 0 Å². The van der Waals surface area contributed by atoms with Gasteiger partial charge in [0.2, 0.25) is 0 Å². The van der Waals surface area contributed by atoms with Gasteiger partial charge in [0.25, 0.3) is 0 Å². The van der Waals surface area contributed by atoms with E-state index in [2.05, 4.69) is 4.74 Å². The van der Waals surface area contributed by atoms with Crippen LogP contribution in [0.1, 0.15) is 6.92 Å². The van der Waals surface area contributed by atoms with Gasteiger partial charge in [0.1, 0.15) is 11.5 Å². The Hall–Kier alpha value is -1.46. The summed E-state index contributed by atoms with van der Waals surface area (Å²) in [6.45, 7) is 2.18. The van der Waals surface area contributed by atoms with Gasteiger partial charge >= 0.3 is 12.5 Å². The van der Waals surface area contributed by atoms with Gasteiger partial charge in [-0.25, -0.2) is 0 Å². The Labute approximate surface area is 89.8 Å². The highest BCUT2D eigenvalue weighted by Crippen LogP contribution is 2.28. The number of halogens is 4. The second-order valence-corrected chi connectivity index (χ2v) is 2.87. The van der Waals surface area contributed by atoms with E-state index in [1.807, 2.05) is 0 Å². The summed E-state index contributed by atoms with van der Waals surface area (Å²) in [5.74, 6) is 0.115. The van der Waals surface area contributed by atoms with Crippen molar-refractivity contribution in [3.63, 3.8) is 0 Å². The van der Waals surface area contributed by atoms with Crippen molar-refractivity contribution >= 4 is 0 Å². The maximum absolute atomic E-state index is 12.5. The van der Waals surface area contributed by atoms with Gasteiger partial charge in [0.05, 0.1) is 6.61 Å². The van der Waals surface area contributed by atoms with Crippen LogP contribution in [0.15, 0.2) is 24.3 Å². The zero-order valence-corrected chi connectivity index (χ0v) is 8.42. The summed E-state index contributed by atoms with van der Waals surface area (Å²) < 4.78 is 57.5. The topological polar surface area (TPSA) is 18.5 Å². The zero-order valence-electron chi connectivity index (χ0n) is 8.42. The number of hydrogen-bond acceptors (Lipinski definition) is 2. The van der Waals surface area contributed by atoms with Crippen LogP contribution in [0.3, 0.4) is 0 Å². The van der Waals surface area contributed by atoms with E-state index in [-0.39, 0.29) is 5.75 Å². The lowest BCUT2D eigenvalue weighted by atomic mass is 10.3.